The molecular weight excluding hydrogens is 344 g/mol. The van der Waals surface area contributed by atoms with Crippen molar-refractivity contribution in [2.45, 2.75) is 74.9 Å². The summed E-state index contributed by atoms with van der Waals surface area (Å²) >= 11 is 1.52. The molecule has 2 atom stereocenters. The van der Waals surface area contributed by atoms with E-state index in [0.717, 1.165) is 36.8 Å². The van der Waals surface area contributed by atoms with Crippen LogP contribution in [0.1, 0.15) is 68.4 Å². The highest BCUT2D eigenvalue weighted by molar-refractivity contribution is 8.00. The van der Waals surface area contributed by atoms with E-state index in [2.05, 4.69) is 51.3 Å². The van der Waals surface area contributed by atoms with Gasteiger partial charge in [0.05, 0.1) is 11.3 Å². The van der Waals surface area contributed by atoms with Gasteiger partial charge in [0.25, 0.3) is 0 Å². The van der Waals surface area contributed by atoms with Gasteiger partial charge in [0.1, 0.15) is 5.82 Å². The van der Waals surface area contributed by atoms with Crippen LogP contribution in [0.3, 0.4) is 0 Å². The Morgan fingerprint density at radius 2 is 2.12 bits per heavy atom. The van der Waals surface area contributed by atoms with Gasteiger partial charge in [-0.1, -0.05) is 36.0 Å². The minimum Gasteiger partial charge on any atom is -0.348 e. The number of fused-ring (bicyclic) bond motifs is 1. The fourth-order valence-corrected chi connectivity index (χ4v) is 4.66. The molecule has 0 spiro atoms. The predicted octanol–water partition coefficient (Wildman–Crippen LogP) is 3.85. The highest BCUT2D eigenvalue weighted by atomic mass is 32.2. The Kier molecular flexibility index (Phi) is 5.02. The van der Waals surface area contributed by atoms with Crippen LogP contribution >= 0.6 is 11.8 Å². The van der Waals surface area contributed by atoms with E-state index in [4.69, 9.17) is 0 Å². The van der Waals surface area contributed by atoms with Crippen molar-refractivity contribution in [3.05, 3.63) is 41.2 Å². The molecule has 0 radical (unpaired) electrons. The van der Waals surface area contributed by atoms with Crippen molar-refractivity contribution < 1.29 is 4.79 Å². The van der Waals surface area contributed by atoms with E-state index in [1.54, 1.807) is 0 Å². The lowest BCUT2D eigenvalue weighted by Crippen LogP contribution is -2.36. The van der Waals surface area contributed by atoms with E-state index in [0.29, 0.717) is 5.92 Å². The number of hydrogen-bond acceptors (Lipinski definition) is 4. The van der Waals surface area contributed by atoms with Crippen LogP contribution < -0.4 is 5.32 Å². The van der Waals surface area contributed by atoms with Gasteiger partial charge in [0.2, 0.25) is 5.91 Å². The van der Waals surface area contributed by atoms with E-state index in [1.807, 2.05) is 6.92 Å². The van der Waals surface area contributed by atoms with E-state index in [1.165, 1.54) is 35.7 Å². The molecular formula is C20H26N4OS. The molecule has 2 aromatic rings. The standard InChI is InChI=1S/C20H26N4OS/c1-3-24-18(15-11-12-15)22-23-20(24)26-13(2)19(25)21-17-10-6-8-14-7-4-5-9-16(14)17/h4-5,7,9,13,15,17H,3,6,8,10-12H2,1-2H3,(H,21,25)/t13-,17+/m1/s1. The molecule has 0 aliphatic heterocycles. The summed E-state index contributed by atoms with van der Waals surface area (Å²) in [5.41, 5.74) is 2.64. The molecule has 2 aliphatic rings. The van der Waals surface area contributed by atoms with Crippen LogP contribution in [0.25, 0.3) is 0 Å². The zero-order valence-electron chi connectivity index (χ0n) is 15.4. The maximum absolute atomic E-state index is 12.8. The number of benzene rings is 1. The first kappa shape index (κ1) is 17.6. The van der Waals surface area contributed by atoms with Crippen molar-refractivity contribution in [1.29, 1.82) is 0 Å². The Morgan fingerprint density at radius 3 is 2.88 bits per heavy atom. The summed E-state index contributed by atoms with van der Waals surface area (Å²) in [5.74, 6) is 1.74. The third-order valence-electron chi connectivity index (χ3n) is 5.34. The molecule has 1 fully saturated rings. The number of hydrogen-bond donors (Lipinski definition) is 1. The first-order chi connectivity index (χ1) is 12.7. The summed E-state index contributed by atoms with van der Waals surface area (Å²) in [6.45, 7) is 4.93. The molecule has 1 amide bonds. The van der Waals surface area contributed by atoms with E-state index in [9.17, 15) is 4.79 Å². The second-order valence-corrected chi connectivity index (χ2v) is 8.58. The number of rotatable bonds is 6. The molecule has 1 heterocycles. The zero-order chi connectivity index (χ0) is 18.1. The average Bonchev–Trinajstić information content (AvgIpc) is 3.43. The smallest absolute Gasteiger partial charge is 0.233 e. The van der Waals surface area contributed by atoms with Crippen molar-refractivity contribution >= 4 is 17.7 Å². The van der Waals surface area contributed by atoms with Gasteiger partial charge in [-0.2, -0.15) is 0 Å². The lowest BCUT2D eigenvalue weighted by molar-refractivity contribution is -0.121. The fourth-order valence-electron chi connectivity index (χ4n) is 3.73. The van der Waals surface area contributed by atoms with Gasteiger partial charge in [-0.3, -0.25) is 4.79 Å². The van der Waals surface area contributed by atoms with Crippen LogP contribution in [0.15, 0.2) is 29.4 Å². The summed E-state index contributed by atoms with van der Waals surface area (Å²) in [4.78, 5) is 12.8. The Hall–Kier alpha value is -1.82. The Morgan fingerprint density at radius 1 is 1.31 bits per heavy atom. The Labute approximate surface area is 159 Å². The number of carbonyl (C=O) groups excluding carboxylic acids is 1. The van der Waals surface area contributed by atoms with E-state index >= 15 is 0 Å². The van der Waals surface area contributed by atoms with Gasteiger partial charge in [-0.25, -0.2) is 0 Å². The number of amides is 1. The molecule has 6 heteroatoms. The number of aromatic nitrogens is 3. The van der Waals surface area contributed by atoms with Gasteiger partial charge in [-0.15, -0.1) is 10.2 Å². The third-order valence-corrected chi connectivity index (χ3v) is 6.42. The van der Waals surface area contributed by atoms with Crippen molar-refractivity contribution in [2.24, 2.45) is 0 Å². The third kappa shape index (κ3) is 3.52. The number of nitrogens with zero attached hydrogens (tertiary/aromatic N) is 3. The Bertz CT molecular complexity index is 799. The molecule has 4 rings (SSSR count). The van der Waals surface area contributed by atoms with Crippen LogP contribution in [0, 0.1) is 0 Å². The molecule has 1 aromatic carbocycles. The van der Waals surface area contributed by atoms with Crippen LogP contribution in [0.2, 0.25) is 0 Å². The molecule has 0 bridgehead atoms. The Balaban J connectivity index is 1.43. The van der Waals surface area contributed by atoms with Crippen LogP contribution in [0.4, 0.5) is 0 Å². The van der Waals surface area contributed by atoms with E-state index in [-0.39, 0.29) is 17.2 Å². The number of thioether (sulfide) groups is 1. The molecule has 0 saturated heterocycles. The molecule has 5 nitrogen and oxygen atoms in total. The molecule has 1 N–H and O–H groups in total. The fraction of sp³-hybridized carbons (Fsp3) is 0.550. The topological polar surface area (TPSA) is 59.8 Å². The van der Waals surface area contributed by atoms with Gasteiger partial charge >= 0.3 is 0 Å². The first-order valence-electron chi connectivity index (χ1n) is 9.65. The van der Waals surface area contributed by atoms with E-state index < -0.39 is 0 Å². The first-order valence-corrected chi connectivity index (χ1v) is 10.5. The summed E-state index contributed by atoms with van der Waals surface area (Å²) < 4.78 is 2.17. The molecule has 1 saturated carbocycles. The quantitative estimate of drug-likeness (QED) is 0.785. The van der Waals surface area contributed by atoms with Gasteiger partial charge in [0.15, 0.2) is 5.16 Å². The molecule has 1 aromatic heterocycles. The zero-order valence-corrected chi connectivity index (χ0v) is 16.3. The van der Waals surface area contributed by atoms with Gasteiger partial charge in [0, 0.05) is 12.5 Å². The second-order valence-electron chi connectivity index (χ2n) is 7.27. The predicted molar refractivity (Wildman–Crippen MR) is 103 cm³/mol. The van der Waals surface area contributed by atoms with Gasteiger partial charge in [-0.05, 0) is 57.1 Å². The summed E-state index contributed by atoms with van der Waals surface area (Å²) in [6.07, 6.45) is 5.66. The minimum atomic E-state index is -0.189. The van der Waals surface area contributed by atoms with Crippen LogP contribution in [-0.2, 0) is 17.8 Å². The van der Waals surface area contributed by atoms with Gasteiger partial charge < -0.3 is 9.88 Å². The normalized spacial score (nSPS) is 20.5. The monoisotopic (exact) mass is 370 g/mol. The maximum atomic E-state index is 12.8. The maximum Gasteiger partial charge on any atom is 0.233 e. The van der Waals surface area contributed by atoms with Crippen molar-refractivity contribution in [3.63, 3.8) is 0 Å². The highest BCUT2D eigenvalue weighted by Gasteiger charge is 2.31. The molecule has 0 unspecified atom stereocenters. The average molecular weight is 371 g/mol. The summed E-state index contributed by atoms with van der Waals surface area (Å²) in [6, 6.07) is 8.59. The minimum absolute atomic E-state index is 0.0790. The summed E-state index contributed by atoms with van der Waals surface area (Å²) in [7, 11) is 0. The lowest BCUT2D eigenvalue weighted by Gasteiger charge is -2.27. The van der Waals surface area contributed by atoms with Crippen LogP contribution in [-0.4, -0.2) is 25.9 Å². The summed E-state index contributed by atoms with van der Waals surface area (Å²) in [5, 5.41) is 12.6. The lowest BCUT2D eigenvalue weighted by atomic mass is 9.88. The molecule has 26 heavy (non-hydrogen) atoms. The largest absolute Gasteiger partial charge is 0.348 e. The number of aryl methyl sites for hydroxylation is 1. The SMILES string of the molecule is CCn1c(S[C@H](C)C(=O)N[C@H]2CCCc3ccccc32)nnc1C1CC1. The highest BCUT2D eigenvalue weighted by Crippen LogP contribution is 2.40. The number of carbonyl (C=O) groups is 1. The second kappa shape index (κ2) is 7.43. The van der Waals surface area contributed by atoms with Crippen molar-refractivity contribution in [3.8, 4) is 0 Å². The molecule has 138 valence electrons. The number of nitrogens with one attached hydrogen (secondary N) is 1. The van der Waals surface area contributed by atoms with Crippen molar-refractivity contribution in [2.75, 3.05) is 0 Å². The molecule has 2 aliphatic carbocycles. The van der Waals surface area contributed by atoms with Crippen molar-refractivity contribution in [1.82, 2.24) is 20.1 Å². The van der Waals surface area contributed by atoms with Crippen LogP contribution in [0.5, 0.6) is 0 Å².